The Kier molecular flexibility index (Phi) is 4.21. The molecule has 1 heterocycles. The molecule has 2 rings (SSSR count). The fourth-order valence-corrected chi connectivity index (χ4v) is 2.22. The van der Waals surface area contributed by atoms with Crippen molar-refractivity contribution in [2.45, 2.75) is 45.7 Å². The minimum Gasteiger partial charge on any atom is -0.464 e. The summed E-state index contributed by atoms with van der Waals surface area (Å²) in [6.07, 6.45) is 5.53. The van der Waals surface area contributed by atoms with Crippen LogP contribution in [0.2, 0.25) is 0 Å². The fourth-order valence-electron chi connectivity index (χ4n) is 2.22. The SMILES string of the molecule is CCCC(CC)NCc1coc2ccccc12. The summed E-state index contributed by atoms with van der Waals surface area (Å²) in [7, 11) is 0. The van der Waals surface area contributed by atoms with E-state index >= 15 is 0 Å². The summed E-state index contributed by atoms with van der Waals surface area (Å²) in [6, 6.07) is 8.83. The van der Waals surface area contributed by atoms with Crippen LogP contribution in [0.15, 0.2) is 34.9 Å². The molecule has 0 saturated carbocycles. The van der Waals surface area contributed by atoms with E-state index < -0.39 is 0 Å². The van der Waals surface area contributed by atoms with E-state index in [1.165, 1.54) is 30.2 Å². The molecule has 0 aliphatic rings. The van der Waals surface area contributed by atoms with Crippen LogP contribution in [-0.2, 0) is 6.54 Å². The monoisotopic (exact) mass is 231 g/mol. The van der Waals surface area contributed by atoms with Crippen molar-refractivity contribution in [1.82, 2.24) is 5.32 Å². The topological polar surface area (TPSA) is 25.2 Å². The van der Waals surface area contributed by atoms with Crippen molar-refractivity contribution in [2.24, 2.45) is 0 Å². The molecule has 1 aromatic heterocycles. The number of furan rings is 1. The molecule has 2 aromatic rings. The van der Waals surface area contributed by atoms with Crippen molar-refractivity contribution < 1.29 is 4.42 Å². The summed E-state index contributed by atoms with van der Waals surface area (Å²) in [5, 5.41) is 4.83. The van der Waals surface area contributed by atoms with E-state index in [2.05, 4.69) is 31.3 Å². The second kappa shape index (κ2) is 5.87. The first kappa shape index (κ1) is 12.2. The second-order valence-corrected chi connectivity index (χ2v) is 4.53. The first-order chi connectivity index (χ1) is 8.35. The van der Waals surface area contributed by atoms with Crippen molar-refractivity contribution in [3.8, 4) is 0 Å². The molecule has 1 N–H and O–H groups in total. The minimum absolute atomic E-state index is 0.619. The molecule has 0 aliphatic carbocycles. The number of fused-ring (bicyclic) bond motifs is 1. The van der Waals surface area contributed by atoms with Gasteiger partial charge in [0.05, 0.1) is 6.26 Å². The molecule has 0 amide bonds. The van der Waals surface area contributed by atoms with Crippen LogP contribution in [0.1, 0.15) is 38.7 Å². The van der Waals surface area contributed by atoms with Gasteiger partial charge in [0.2, 0.25) is 0 Å². The summed E-state index contributed by atoms with van der Waals surface area (Å²) in [5.41, 5.74) is 2.24. The van der Waals surface area contributed by atoms with E-state index in [1.807, 2.05) is 18.4 Å². The zero-order valence-corrected chi connectivity index (χ0v) is 10.7. The highest BCUT2D eigenvalue weighted by Gasteiger charge is 2.08. The van der Waals surface area contributed by atoms with Gasteiger partial charge in [0.15, 0.2) is 0 Å². The Labute approximate surface area is 103 Å². The Morgan fingerprint density at radius 2 is 2.06 bits per heavy atom. The lowest BCUT2D eigenvalue weighted by molar-refractivity contribution is 0.461. The average molecular weight is 231 g/mol. The van der Waals surface area contributed by atoms with Gasteiger partial charge in [-0.15, -0.1) is 0 Å². The van der Waals surface area contributed by atoms with Crippen LogP contribution in [0.3, 0.4) is 0 Å². The van der Waals surface area contributed by atoms with Gasteiger partial charge in [-0.05, 0) is 18.9 Å². The summed E-state index contributed by atoms with van der Waals surface area (Å²) in [4.78, 5) is 0. The van der Waals surface area contributed by atoms with Gasteiger partial charge in [0, 0.05) is 23.5 Å². The molecule has 2 heteroatoms. The van der Waals surface area contributed by atoms with E-state index in [4.69, 9.17) is 4.42 Å². The molecule has 0 saturated heterocycles. The van der Waals surface area contributed by atoms with Gasteiger partial charge in [-0.2, -0.15) is 0 Å². The first-order valence-corrected chi connectivity index (χ1v) is 6.53. The Bertz CT molecular complexity index is 461. The molecule has 0 fully saturated rings. The second-order valence-electron chi connectivity index (χ2n) is 4.53. The van der Waals surface area contributed by atoms with Crippen molar-refractivity contribution in [1.29, 1.82) is 0 Å². The molecule has 92 valence electrons. The number of benzene rings is 1. The lowest BCUT2D eigenvalue weighted by Crippen LogP contribution is -2.27. The van der Waals surface area contributed by atoms with Crippen LogP contribution < -0.4 is 5.32 Å². The van der Waals surface area contributed by atoms with Gasteiger partial charge in [-0.25, -0.2) is 0 Å². The van der Waals surface area contributed by atoms with E-state index in [1.54, 1.807) is 0 Å². The van der Waals surface area contributed by atoms with E-state index in [0.717, 1.165) is 12.1 Å². The van der Waals surface area contributed by atoms with Crippen LogP contribution in [0.25, 0.3) is 11.0 Å². The van der Waals surface area contributed by atoms with Crippen LogP contribution >= 0.6 is 0 Å². The van der Waals surface area contributed by atoms with Crippen molar-refractivity contribution in [3.63, 3.8) is 0 Å². The van der Waals surface area contributed by atoms with E-state index in [0.29, 0.717) is 6.04 Å². The van der Waals surface area contributed by atoms with Gasteiger partial charge in [-0.3, -0.25) is 0 Å². The molecule has 0 spiro atoms. The van der Waals surface area contributed by atoms with Gasteiger partial charge in [-0.1, -0.05) is 38.5 Å². The van der Waals surface area contributed by atoms with Crippen LogP contribution in [0.4, 0.5) is 0 Å². The third kappa shape index (κ3) is 2.89. The quantitative estimate of drug-likeness (QED) is 0.809. The molecule has 17 heavy (non-hydrogen) atoms. The molecule has 2 nitrogen and oxygen atoms in total. The Hall–Kier alpha value is -1.28. The summed E-state index contributed by atoms with van der Waals surface area (Å²) in [6.45, 7) is 5.37. The third-order valence-electron chi connectivity index (χ3n) is 3.27. The maximum Gasteiger partial charge on any atom is 0.134 e. The van der Waals surface area contributed by atoms with Crippen LogP contribution in [0, 0.1) is 0 Å². The molecule has 0 bridgehead atoms. The van der Waals surface area contributed by atoms with Gasteiger partial charge >= 0.3 is 0 Å². The summed E-state index contributed by atoms with van der Waals surface area (Å²) >= 11 is 0. The predicted octanol–water partition coefficient (Wildman–Crippen LogP) is 4.10. The highest BCUT2D eigenvalue weighted by molar-refractivity contribution is 5.80. The molecule has 1 atom stereocenters. The normalized spacial score (nSPS) is 13.1. The van der Waals surface area contributed by atoms with Gasteiger partial charge < -0.3 is 9.73 Å². The zero-order valence-electron chi connectivity index (χ0n) is 10.7. The van der Waals surface area contributed by atoms with Crippen molar-refractivity contribution in [2.75, 3.05) is 0 Å². The number of hydrogen-bond acceptors (Lipinski definition) is 2. The lowest BCUT2D eigenvalue weighted by atomic mass is 10.1. The van der Waals surface area contributed by atoms with Gasteiger partial charge in [0.1, 0.15) is 5.58 Å². The Morgan fingerprint density at radius 1 is 1.24 bits per heavy atom. The zero-order chi connectivity index (χ0) is 12.1. The highest BCUT2D eigenvalue weighted by Crippen LogP contribution is 2.20. The summed E-state index contributed by atoms with van der Waals surface area (Å²) in [5.74, 6) is 0. The number of hydrogen-bond donors (Lipinski definition) is 1. The molecule has 1 unspecified atom stereocenters. The average Bonchev–Trinajstić information content (AvgIpc) is 2.78. The standard InChI is InChI=1S/C15H21NO/c1-3-7-13(4-2)16-10-12-11-17-15-9-6-5-8-14(12)15/h5-6,8-9,11,13,16H,3-4,7,10H2,1-2H3. The van der Waals surface area contributed by atoms with Crippen LogP contribution in [0.5, 0.6) is 0 Å². The number of rotatable bonds is 6. The molecule has 0 aliphatic heterocycles. The maximum absolute atomic E-state index is 5.53. The molecule has 0 radical (unpaired) electrons. The number of para-hydroxylation sites is 1. The Morgan fingerprint density at radius 3 is 2.82 bits per heavy atom. The van der Waals surface area contributed by atoms with Crippen LogP contribution in [-0.4, -0.2) is 6.04 Å². The molecule has 1 aromatic carbocycles. The smallest absolute Gasteiger partial charge is 0.134 e. The lowest BCUT2D eigenvalue weighted by Gasteiger charge is -2.15. The Balaban J connectivity index is 2.03. The van der Waals surface area contributed by atoms with E-state index in [-0.39, 0.29) is 0 Å². The van der Waals surface area contributed by atoms with E-state index in [9.17, 15) is 0 Å². The van der Waals surface area contributed by atoms with Gasteiger partial charge in [0.25, 0.3) is 0 Å². The summed E-state index contributed by atoms with van der Waals surface area (Å²) < 4.78 is 5.53. The maximum atomic E-state index is 5.53. The number of nitrogens with one attached hydrogen (secondary N) is 1. The fraction of sp³-hybridized carbons (Fsp3) is 0.467. The minimum atomic E-state index is 0.619. The molecular formula is C15H21NO. The highest BCUT2D eigenvalue weighted by atomic mass is 16.3. The largest absolute Gasteiger partial charge is 0.464 e. The molecular weight excluding hydrogens is 210 g/mol. The first-order valence-electron chi connectivity index (χ1n) is 6.53. The third-order valence-corrected chi connectivity index (χ3v) is 3.27. The van der Waals surface area contributed by atoms with Crippen molar-refractivity contribution in [3.05, 3.63) is 36.1 Å². The predicted molar refractivity (Wildman–Crippen MR) is 72.0 cm³/mol. The van der Waals surface area contributed by atoms with Crippen molar-refractivity contribution >= 4 is 11.0 Å².